The van der Waals surface area contributed by atoms with Crippen molar-refractivity contribution in [2.45, 2.75) is 26.8 Å². The molecule has 1 rings (SSSR count). The van der Waals surface area contributed by atoms with Crippen LogP contribution in [0.5, 0.6) is 0 Å². The van der Waals surface area contributed by atoms with Crippen molar-refractivity contribution in [2.24, 2.45) is 4.99 Å². The van der Waals surface area contributed by atoms with E-state index in [1.54, 1.807) is 0 Å². The van der Waals surface area contributed by atoms with Crippen molar-refractivity contribution in [1.82, 2.24) is 10.6 Å². The first-order valence-electron chi connectivity index (χ1n) is 8.06. The third-order valence-electron chi connectivity index (χ3n) is 3.43. The molecule has 0 aliphatic heterocycles. The molecule has 132 valence electrons. The van der Waals surface area contributed by atoms with E-state index in [0.717, 1.165) is 32.2 Å². The summed E-state index contributed by atoms with van der Waals surface area (Å²) in [6, 6.07) is 10.7. The van der Waals surface area contributed by atoms with Crippen molar-refractivity contribution in [2.75, 3.05) is 44.8 Å². The Bertz CT molecular complexity index is 428. The van der Waals surface area contributed by atoms with Gasteiger partial charge < -0.3 is 20.3 Å². The van der Waals surface area contributed by atoms with Crippen molar-refractivity contribution in [1.29, 1.82) is 0 Å². The van der Waals surface area contributed by atoms with Crippen LogP contribution in [0.3, 0.4) is 0 Å². The minimum atomic E-state index is 0. The van der Waals surface area contributed by atoms with Crippen LogP contribution in [0.15, 0.2) is 35.3 Å². The van der Waals surface area contributed by atoms with Gasteiger partial charge in [-0.2, -0.15) is 0 Å². The lowest BCUT2D eigenvalue weighted by molar-refractivity contribution is 0.152. The Morgan fingerprint density at radius 3 is 2.52 bits per heavy atom. The average Bonchev–Trinajstić information content (AvgIpc) is 2.56. The quantitative estimate of drug-likeness (QED) is 0.272. The number of anilines is 1. The molecule has 23 heavy (non-hydrogen) atoms. The highest BCUT2D eigenvalue weighted by Gasteiger charge is 2.09. The summed E-state index contributed by atoms with van der Waals surface area (Å²) in [7, 11) is 2.10. The molecule has 0 fully saturated rings. The molecule has 2 N–H and O–H groups in total. The first kappa shape index (κ1) is 22.0. The SMILES string of the molecule is CCNC(=NCC(C)N(C)c1ccccc1)NCCOCC.I. The second kappa shape index (κ2) is 13.4. The van der Waals surface area contributed by atoms with Gasteiger partial charge in [0.15, 0.2) is 5.96 Å². The summed E-state index contributed by atoms with van der Waals surface area (Å²) < 4.78 is 5.33. The molecular formula is C17H31IN4O. The number of hydrogen-bond acceptors (Lipinski definition) is 3. The van der Waals surface area contributed by atoms with E-state index in [1.807, 2.05) is 13.0 Å². The summed E-state index contributed by atoms with van der Waals surface area (Å²) in [5.41, 5.74) is 1.21. The fraction of sp³-hybridized carbons (Fsp3) is 0.588. The maximum Gasteiger partial charge on any atom is 0.191 e. The van der Waals surface area contributed by atoms with E-state index in [4.69, 9.17) is 4.74 Å². The Hall–Kier alpha value is -1.02. The third kappa shape index (κ3) is 9.00. The smallest absolute Gasteiger partial charge is 0.191 e. The minimum absolute atomic E-state index is 0. The molecule has 0 aromatic heterocycles. The second-order valence-corrected chi connectivity index (χ2v) is 5.14. The molecule has 1 aromatic carbocycles. The van der Waals surface area contributed by atoms with E-state index in [-0.39, 0.29) is 24.0 Å². The molecule has 0 spiro atoms. The highest BCUT2D eigenvalue weighted by atomic mass is 127. The number of rotatable bonds is 9. The normalized spacial score (nSPS) is 12.3. The standard InChI is InChI=1S/C17H30N4O.HI/c1-5-18-17(19-12-13-22-6-2)20-14-15(3)21(4)16-10-8-7-9-11-16;/h7-11,15H,5-6,12-14H2,1-4H3,(H2,18,19,20);1H. The summed E-state index contributed by atoms with van der Waals surface area (Å²) in [6.45, 7) is 10.0. The van der Waals surface area contributed by atoms with Crippen LogP contribution in [0.4, 0.5) is 5.69 Å². The second-order valence-electron chi connectivity index (χ2n) is 5.14. The van der Waals surface area contributed by atoms with E-state index in [1.165, 1.54) is 5.69 Å². The predicted molar refractivity (Wildman–Crippen MR) is 110 cm³/mol. The van der Waals surface area contributed by atoms with Gasteiger partial charge in [0.1, 0.15) is 0 Å². The molecule has 1 unspecified atom stereocenters. The summed E-state index contributed by atoms with van der Waals surface area (Å²) in [5, 5.41) is 6.54. The molecule has 0 aliphatic carbocycles. The number of halogens is 1. The van der Waals surface area contributed by atoms with Crippen LogP contribution in [0.25, 0.3) is 0 Å². The van der Waals surface area contributed by atoms with Gasteiger partial charge in [-0.25, -0.2) is 0 Å². The summed E-state index contributed by atoms with van der Waals surface area (Å²) >= 11 is 0. The average molecular weight is 434 g/mol. The van der Waals surface area contributed by atoms with Crippen LogP contribution in [-0.4, -0.2) is 51.9 Å². The Kier molecular flexibility index (Phi) is 12.8. The first-order chi connectivity index (χ1) is 10.7. The van der Waals surface area contributed by atoms with Crippen LogP contribution < -0.4 is 15.5 Å². The molecule has 0 heterocycles. The predicted octanol–water partition coefficient (Wildman–Crippen LogP) is 2.72. The Labute approximate surface area is 157 Å². The zero-order valence-corrected chi connectivity index (χ0v) is 17.0. The Morgan fingerprint density at radius 1 is 1.22 bits per heavy atom. The van der Waals surface area contributed by atoms with Crippen molar-refractivity contribution < 1.29 is 4.74 Å². The van der Waals surface area contributed by atoms with Gasteiger partial charge in [-0.15, -0.1) is 24.0 Å². The van der Waals surface area contributed by atoms with Crippen LogP contribution in [0.1, 0.15) is 20.8 Å². The maximum atomic E-state index is 5.33. The molecule has 0 saturated carbocycles. The number of nitrogens with zero attached hydrogens (tertiary/aromatic N) is 2. The fourth-order valence-electron chi connectivity index (χ4n) is 1.99. The third-order valence-corrected chi connectivity index (χ3v) is 3.43. The molecule has 0 aliphatic rings. The Morgan fingerprint density at radius 2 is 1.91 bits per heavy atom. The zero-order valence-electron chi connectivity index (χ0n) is 14.7. The van der Waals surface area contributed by atoms with E-state index in [9.17, 15) is 0 Å². The van der Waals surface area contributed by atoms with E-state index in [2.05, 4.69) is 65.7 Å². The highest BCUT2D eigenvalue weighted by Crippen LogP contribution is 2.13. The summed E-state index contributed by atoms with van der Waals surface area (Å²) in [5.74, 6) is 0.843. The first-order valence-corrected chi connectivity index (χ1v) is 8.06. The lowest BCUT2D eigenvalue weighted by atomic mass is 10.2. The molecule has 6 heteroatoms. The summed E-state index contributed by atoms with van der Waals surface area (Å²) in [4.78, 5) is 6.90. The zero-order chi connectivity index (χ0) is 16.2. The van der Waals surface area contributed by atoms with Gasteiger partial charge in [0.05, 0.1) is 13.2 Å². The number of likely N-dealkylation sites (N-methyl/N-ethyl adjacent to an activating group) is 1. The molecular weight excluding hydrogens is 403 g/mol. The molecule has 1 aromatic rings. The van der Waals surface area contributed by atoms with Crippen LogP contribution in [0, 0.1) is 0 Å². The summed E-state index contributed by atoms with van der Waals surface area (Å²) in [6.07, 6.45) is 0. The molecule has 0 bridgehead atoms. The maximum absolute atomic E-state index is 5.33. The number of aliphatic imine (C=N–C) groups is 1. The highest BCUT2D eigenvalue weighted by molar-refractivity contribution is 14.0. The number of hydrogen-bond donors (Lipinski definition) is 2. The lowest BCUT2D eigenvalue weighted by Crippen LogP contribution is -2.40. The molecule has 0 saturated heterocycles. The number of nitrogens with one attached hydrogen (secondary N) is 2. The molecule has 5 nitrogen and oxygen atoms in total. The fourth-order valence-corrected chi connectivity index (χ4v) is 1.99. The van der Waals surface area contributed by atoms with Gasteiger partial charge in [0.25, 0.3) is 0 Å². The van der Waals surface area contributed by atoms with Gasteiger partial charge in [0.2, 0.25) is 0 Å². The topological polar surface area (TPSA) is 48.9 Å². The van der Waals surface area contributed by atoms with E-state index in [0.29, 0.717) is 12.6 Å². The monoisotopic (exact) mass is 434 g/mol. The number of benzene rings is 1. The molecule has 0 amide bonds. The van der Waals surface area contributed by atoms with Gasteiger partial charge in [0, 0.05) is 38.5 Å². The van der Waals surface area contributed by atoms with Crippen LogP contribution >= 0.6 is 24.0 Å². The lowest BCUT2D eigenvalue weighted by Gasteiger charge is -2.26. The minimum Gasteiger partial charge on any atom is -0.380 e. The van der Waals surface area contributed by atoms with Gasteiger partial charge in [-0.05, 0) is 32.9 Å². The van der Waals surface area contributed by atoms with Gasteiger partial charge in [-0.3, -0.25) is 4.99 Å². The van der Waals surface area contributed by atoms with Crippen LogP contribution in [0.2, 0.25) is 0 Å². The van der Waals surface area contributed by atoms with Crippen molar-refractivity contribution in [3.8, 4) is 0 Å². The van der Waals surface area contributed by atoms with Crippen LogP contribution in [-0.2, 0) is 4.74 Å². The Balaban J connectivity index is 0.00000484. The van der Waals surface area contributed by atoms with E-state index < -0.39 is 0 Å². The number of para-hydroxylation sites is 1. The van der Waals surface area contributed by atoms with Crippen molar-refractivity contribution in [3.63, 3.8) is 0 Å². The van der Waals surface area contributed by atoms with Gasteiger partial charge in [-0.1, -0.05) is 18.2 Å². The van der Waals surface area contributed by atoms with E-state index >= 15 is 0 Å². The van der Waals surface area contributed by atoms with Gasteiger partial charge >= 0.3 is 0 Å². The van der Waals surface area contributed by atoms with Crippen molar-refractivity contribution in [3.05, 3.63) is 30.3 Å². The molecule has 1 atom stereocenters. The largest absolute Gasteiger partial charge is 0.380 e. The number of ether oxygens (including phenoxy) is 1. The molecule has 0 radical (unpaired) electrons. The number of guanidine groups is 1. The van der Waals surface area contributed by atoms with Crippen molar-refractivity contribution >= 4 is 35.6 Å².